The van der Waals surface area contributed by atoms with E-state index >= 15 is 0 Å². The summed E-state index contributed by atoms with van der Waals surface area (Å²) >= 11 is 0. The monoisotopic (exact) mass is 853 g/mol. The molecule has 5 rings (SSSR count). The SMILES string of the molecule is Cc1cc(P(c2cc(C(C)(C)C)cc(C(C)(C)C)c2)c2ccccc2P(c2cc(C(C)(C)C)cc(C(C)(C)C)c2)c2cc(C(C)(C)C)cc(C(C)(C)C)c2)cc(C(C)(C)C)c1. The molecule has 0 saturated heterocycles. The summed E-state index contributed by atoms with van der Waals surface area (Å²) in [7, 11) is -2.01. The molecule has 0 N–H and O–H groups in total. The van der Waals surface area contributed by atoms with Crippen LogP contribution in [0.4, 0.5) is 0 Å². The Morgan fingerprint density at radius 3 is 0.672 bits per heavy atom. The molecule has 0 spiro atoms. The van der Waals surface area contributed by atoms with E-state index in [4.69, 9.17) is 0 Å². The van der Waals surface area contributed by atoms with Crippen molar-refractivity contribution < 1.29 is 0 Å². The topological polar surface area (TPSA) is 0 Å². The van der Waals surface area contributed by atoms with Gasteiger partial charge in [0.2, 0.25) is 0 Å². The summed E-state index contributed by atoms with van der Waals surface area (Å²) in [6.07, 6.45) is 0. The average Bonchev–Trinajstić information content (AvgIpc) is 3.09. The van der Waals surface area contributed by atoms with Crippen molar-refractivity contribution in [3.63, 3.8) is 0 Å². The lowest BCUT2D eigenvalue weighted by Gasteiger charge is -2.34. The van der Waals surface area contributed by atoms with Gasteiger partial charge in [0, 0.05) is 0 Å². The molecule has 5 aromatic rings. The van der Waals surface area contributed by atoms with Crippen LogP contribution in [-0.4, -0.2) is 0 Å². The summed E-state index contributed by atoms with van der Waals surface area (Å²) < 4.78 is 0. The van der Waals surface area contributed by atoms with Gasteiger partial charge in [-0.1, -0.05) is 248 Å². The van der Waals surface area contributed by atoms with Crippen molar-refractivity contribution in [2.75, 3.05) is 0 Å². The second-order valence-electron chi connectivity index (χ2n) is 25.3. The number of rotatable bonds is 6. The first kappa shape index (κ1) is 49.0. The van der Waals surface area contributed by atoms with Crippen LogP contribution in [0.1, 0.15) is 190 Å². The summed E-state index contributed by atoms with van der Waals surface area (Å²) in [5, 5.41) is 8.71. The molecule has 0 amide bonds. The molecule has 0 heterocycles. The second-order valence-corrected chi connectivity index (χ2v) is 29.6. The Morgan fingerprint density at radius 1 is 0.262 bits per heavy atom. The molecule has 0 saturated carbocycles. The molecule has 0 nitrogen and oxygen atoms in total. The molecule has 0 radical (unpaired) electrons. The fourth-order valence-corrected chi connectivity index (χ4v) is 13.4. The van der Waals surface area contributed by atoms with Crippen LogP contribution in [0.3, 0.4) is 0 Å². The molecule has 0 aliphatic heterocycles. The zero-order valence-electron chi connectivity index (χ0n) is 42.6. The van der Waals surface area contributed by atoms with E-state index in [1.165, 1.54) is 76.3 Å². The highest BCUT2D eigenvalue weighted by atomic mass is 31.1. The maximum Gasteiger partial charge on any atom is -0.00675 e. The van der Waals surface area contributed by atoms with Crippen molar-refractivity contribution in [2.45, 2.75) is 190 Å². The standard InChI is InChI=1S/C59H82P2/c1-39-27-40(53(2,3)4)32-47(28-39)60(48-33-41(54(5,6)7)29-42(34-48)55(8,9)10)51-25-23-24-26-52(51)61(49-35-43(56(11,12)13)30-44(36-49)57(14,15)16)50-37-45(58(17,18)19)31-46(38-50)59(20,21)22/h23-38H,1-22H3. The summed E-state index contributed by atoms with van der Waals surface area (Å²) in [5.74, 6) is 0. The van der Waals surface area contributed by atoms with E-state index in [0.717, 1.165) is 0 Å². The van der Waals surface area contributed by atoms with E-state index in [1.807, 2.05) is 0 Å². The van der Waals surface area contributed by atoms with Gasteiger partial charge in [0.15, 0.2) is 0 Å². The van der Waals surface area contributed by atoms with Crippen molar-refractivity contribution in [3.8, 4) is 0 Å². The van der Waals surface area contributed by atoms with Crippen LogP contribution in [0.5, 0.6) is 0 Å². The largest absolute Gasteiger partial charge is 0.0616 e. The molecule has 1 atom stereocenters. The van der Waals surface area contributed by atoms with Crippen LogP contribution in [0.2, 0.25) is 0 Å². The lowest BCUT2D eigenvalue weighted by atomic mass is 9.81. The lowest BCUT2D eigenvalue weighted by Crippen LogP contribution is -2.36. The normalized spacial score (nSPS) is 14.1. The van der Waals surface area contributed by atoms with Gasteiger partial charge in [0.25, 0.3) is 0 Å². The predicted molar refractivity (Wildman–Crippen MR) is 279 cm³/mol. The van der Waals surface area contributed by atoms with Gasteiger partial charge in [-0.05, 0) is 131 Å². The van der Waals surface area contributed by atoms with E-state index in [1.54, 1.807) is 0 Å². The van der Waals surface area contributed by atoms with Crippen LogP contribution >= 0.6 is 15.8 Å². The number of hydrogen-bond donors (Lipinski definition) is 0. The van der Waals surface area contributed by atoms with E-state index in [-0.39, 0.29) is 37.9 Å². The van der Waals surface area contributed by atoms with E-state index < -0.39 is 15.8 Å². The van der Waals surface area contributed by atoms with Gasteiger partial charge in [-0.25, -0.2) is 0 Å². The van der Waals surface area contributed by atoms with Crippen LogP contribution in [-0.2, 0) is 37.9 Å². The van der Waals surface area contributed by atoms with Crippen LogP contribution in [0.25, 0.3) is 0 Å². The Labute approximate surface area is 377 Å². The summed E-state index contributed by atoms with van der Waals surface area (Å²) in [4.78, 5) is 0. The number of benzene rings is 5. The van der Waals surface area contributed by atoms with Crippen molar-refractivity contribution in [2.24, 2.45) is 0 Å². The summed E-state index contributed by atoms with van der Waals surface area (Å²) in [6.45, 7) is 52.2. The van der Waals surface area contributed by atoms with Crippen molar-refractivity contribution in [3.05, 3.63) is 142 Å². The van der Waals surface area contributed by atoms with Crippen LogP contribution in [0, 0.1) is 6.92 Å². The van der Waals surface area contributed by atoms with Crippen LogP contribution < -0.4 is 31.8 Å². The Morgan fingerprint density at radius 2 is 0.459 bits per heavy atom. The minimum absolute atomic E-state index is 0.000170. The first-order chi connectivity index (χ1) is 27.5. The smallest absolute Gasteiger partial charge is 0.00675 e. The van der Waals surface area contributed by atoms with Crippen molar-refractivity contribution in [1.82, 2.24) is 0 Å². The van der Waals surface area contributed by atoms with Gasteiger partial charge >= 0.3 is 0 Å². The van der Waals surface area contributed by atoms with Gasteiger partial charge in [-0.15, -0.1) is 0 Å². The third-order valence-corrected chi connectivity index (χ3v) is 17.3. The van der Waals surface area contributed by atoms with Gasteiger partial charge in [-0.3, -0.25) is 0 Å². The molecule has 2 heteroatoms. The molecule has 0 aromatic heterocycles. The van der Waals surface area contributed by atoms with Crippen molar-refractivity contribution in [1.29, 1.82) is 0 Å². The second kappa shape index (κ2) is 16.8. The quantitative estimate of drug-likeness (QED) is 0.149. The third kappa shape index (κ3) is 11.6. The van der Waals surface area contributed by atoms with Gasteiger partial charge in [0.05, 0.1) is 0 Å². The average molecular weight is 853 g/mol. The highest BCUT2D eigenvalue weighted by Gasteiger charge is 2.33. The number of hydrogen-bond acceptors (Lipinski definition) is 0. The first-order valence-electron chi connectivity index (χ1n) is 22.8. The fourth-order valence-electron chi connectivity index (χ4n) is 7.84. The molecule has 1 unspecified atom stereocenters. The molecule has 328 valence electrons. The van der Waals surface area contributed by atoms with Crippen LogP contribution in [0.15, 0.2) is 97.1 Å². The maximum absolute atomic E-state index is 2.59. The fraction of sp³-hybridized carbons (Fsp3) is 0.492. The minimum atomic E-state index is -1.02. The molecular weight excluding hydrogens is 771 g/mol. The molecule has 0 fully saturated rings. The predicted octanol–water partition coefficient (Wildman–Crippen LogP) is 14.6. The Kier molecular flexibility index (Phi) is 13.5. The minimum Gasteiger partial charge on any atom is -0.0616 e. The highest BCUT2D eigenvalue weighted by Crippen LogP contribution is 2.44. The molecular formula is C59H82P2. The van der Waals surface area contributed by atoms with E-state index in [0.29, 0.717) is 0 Å². The zero-order chi connectivity index (χ0) is 46.1. The van der Waals surface area contributed by atoms with Gasteiger partial charge < -0.3 is 0 Å². The third-order valence-electron chi connectivity index (χ3n) is 12.3. The molecule has 0 bridgehead atoms. The van der Waals surface area contributed by atoms with Crippen molar-refractivity contribution >= 4 is 47.7 Å². The van der Waals surface area contributed by atoms with E-state index in [2.05, 4.69) is 249 Å². The Balaban J connectivity index is 2.05. The van der Waals surface area contributed by atoms with Gasteiger partial charge in [0.1, 0.15) is 0 Å². The molecule has 61 heavy (non-hydrogen) atoms. The Bertz CT molecular complexity index is 2180. The molecule has 0 aliphatic rings. The molecule has 5 aromatic carbocycles. The molecule has 0 aliphatic carbocycles. The lowest BCUT2D eigenvalue weighted by molar-refractivity contribution is 0.569. The Hall–Kier alpha value is -3.04. The highest BCUT2D eigenvalue weighted by molar-refractivity contribution is 7.85. The first-order valence-corrected chi connectivity index (χ1v) is 25.5. The number of aryl methyl sites for hydroxylation is 1. The summed E-state index contributed by atoms with van der Waals surface area (Å²) in [6, 6.07) is 40.1. The zero-order valence-corrected chi connectivity index (χ0v) is 44.4. The van der Waals surface area contributed by atoms with Gasteiger partial charge in [-0.2, -0.15) is 0 Å². The summed E-state index contributed by atoms with van der Waals surface area (Å²) in [5.41, 5.74) is 11.2. The maximum atomic E-state index is 2.59. The van der Waals surface area contributed by atoms with E-state index in [9.17, 15) is 0 Å².